The van der Waals surface area contributed by atoms with Gasteiger partial charge in [-0.15, -0.1) is 0 Å². The monoisotopic (exact) mass is 363 g/mol. The van der Waals surface area contributed by atoms with Gasteiger partial charge in [-0.05, 0) is 36.5 Å². The number of amides is 1. The Morgan fingerprint density at radius 2 is 1.96 bits per heavy atom. The van der Waals surface area contributed by atoms with Crippen molar-refractivity contribution in [2.24, 2.45) is 0 Å². The molecule has 0 spiro atoms. The van der Waals surface area contributed by atoms with Crippen molar-refractivity contribution in [1.82, 2.24) is 14.9 Å². The molecule has 142 valence electrons. The molecule has 0 bridgehead atoms. The Balaban J connectivity index is 1.64. The predicted molar refractivity (Wildman–Crippen MR) is 111 cm³/mol. The van der Waals surface area contributed by atoms with Gasteiger partial charge in [-0.2, -0.15) is 0 Å². The molecular formula is C23H29N3O. The first-order valence-electron chi connectivity index (χ1n) is 9.99. The van der Waals surface area contributed by atoms with Crippen molar-refractivity contribution in [2.45, 2.75) is 59.0 Å². The van der Waals surface area contributed by atoms with Gasteiger partial charge >= 0.3 is 0 Å². The van der Waals surface area contributed by atoms with Gasteiger partial charge in [0.2, 0.25) is 5.91 Å². The number of benzene rings is 1. The summed E-state index contributed by atoms with van der Waals surface area (Å²) >= 11 is 0. The van der Waals surface area contributed by atoms with Crippen LogP contribution in [0.3, 0.4) is 0 Å². The third-order valence-corrected chi connectivity index (χ3v) is 5.05. The molecule has 0 aliphatic rings. The number of aromatic nitrogens is 2. The van der Waals surface area contributed by atoms with E-state index in [1.54, 1.807) is 0 Å². The molecule has 1 amide bonds. The van der Waals surface area contributed by atoms with Crippen LogP contribution in [-0.2, 0) is 30.7 Å². The van der Waals surface area contributed by atoms with Crippen LogP contribution in [-0.4, -0.2) is 15.5 Å². The lowest BCUT2D eigenvalue weighted by atomic mass is 10.1. The van der Waals surface area contributed by atoms with Crippen LogP contribution >= 0.6 is 0 Å². The maximum absolute atomic E-state index is 12.2. The zero-order chi connectivity index (χ0) is 19.1. The molecule has 0 saturated heterocycles. The zero-order valence-electron chi connectivity index (χ0n) is 16.4. The van der Waals surface area contributed by atoms with Crippen LogP contribution in [0.2, 0.25) is 0 Å². The van der Waals surface area contributed by atoms with Crippen molar-refractivity contribution >= 4 is 16.8 Å². The highest BCUT2D eigenvalue weighted by Crippen LogP contribution is 2.27. The second-order valence-electron chi connectivity index (χ2n) is 6.94. The fraction of sp³-hybridized carbons (Fsp3) is 0.391. The molecule has 3 rings (SSSR count). The summed E-state index contributed by atoms with van der Waals surface area (Å²) in [6.07, 6.45) is 8.43. The van der Waals surface area contributed by atoms with Crippen LogP contribution in [0.4, 0.5) is 0 Å². The average Bonchev–Trinajstić information content (AvgIpc) is 3.00. The minimum Gasteiger partial charge on any atom is -0.352 e. The van der Waals surface area contributed by atoms with E-state index in [9.17, 15) is 4.79 Å². The van der Waals surface area contributed by atoms with Crippen molar-refractivity contribution in [1.29, 1.82) is 0 Å². The number of aryl methyl sites for hydroxylation is 2. The van der Waals surface area contributed by atoms with Gasteiger partial charge in [-0.1, -0.05) is 50.6 Å². The van der Waals surface area contributed by atoms with Gasteiger partial charge in [0.1, 0.15) is 0 Å². The van der Waals surface area contributed by atoms with Gasteiger partial charge in [0, 0.05) is 43.0 Å². The highest BCUT2D eigenvalue weighted by atomic mass is 16.1. The highest BCUT2D eigenvalue weighted by molar-refractivity contribution is 5.84. The summed E-state index contributed by atoms with van der Waals surface area (Å²) in [5.74, 6) is 0.115. The standard InChI is InChI=1S/C23H29N3O/c1-3-9-21-19(4-2)20-17-24-14-13-22(20)26(21)15-8-12-23(27)25-16-18-10-6-5-7-11-18/h5-7,10-11,13-14,17H,3-4,8-9,12,15-16H2,1-2H3,(H,25,27). The van der Waals surface area contributed by atoms with E-state index < -0.39 is 0 Å². The van der Waals surface area contributed by atoms with Crippen molar-refractivity contribution < 1.29 is 4.79 Å². The molecular weight excluding hydrogens is 334 g/mol. The largest absolute Gasteiger partial charge is 0.352 e. The summed E-state index contributed by atoms with van der Waals surface area (Å²) < 4.78 is 2.41. The normalized spacial score (nSPS) is 11.0. The molecule has 1 N–H and O–H groups in total. The summed E-state index contributed by atoms with van der Waals surface area (Å²) in [7, 11) is 0. The summed E-state index contributed by atoms with van der Waals surface area (Å²) in [6, 6.07) is 12.1. The van der Waals surface area contributed by atoms with Crippen molar-refractivity contribution in [3.05, 3.63) is 65.6 Å². The molecule has 4 nitrogen and oxygen atoms in total. The molecule has 0 atom stereocenters. The Bertz CT molecular complexity index is 883. The van der Waals surface area contributed by atoms with E-state index in [-0.39, 0.29) is 5.91 Å². The highest BCUT2D eigenvalue weighted by Gasteiger charge is 2.15. The smallest absolute Gasteiger partial charge is 0.220 e. The first kappa shape index (κ1) is 19.2. The number of hydrogen-bond donors (Lipinski definition) is 1. The molecule has 1 aromatic carbocycles. The Kier molecular flexibility index (Phi) is 6.64. The average molecular weight is 364 g/mol. The Morgan fingerprint density at radius 1 is 1.15 bits per heavy atom. The number of pyridine rings is 1. The second-order valence-corrected chi connectivity index (χ2v) is 6.94. The maximum atomic E-state index is 12.2. The summed E-state index contributed by atoms with van der Waals surface area (Å²) in [5.41, 5.74) is 5.20. The fourth-order valence-electron chi connectivity index (χ4n) is 3.77. The van der Waals surface area contributed by atoms with Crippen LogP contribution in [0.1, 0.15) is 49.9 Å². The molecule has 27 heavy (non-hydrogen) atoms. The zero-order valence-corrected chi connectivity index (χ0v) is 16.4. The molecule has 0 unspecified atom stereocenters. The van der Waals surface area contributed by atoms with E-state index in [1.807, 2.05) is 42.7 Å². The third-order valence-electron chi connectivity index (χ3n) is 5.05. The summed E-state index contributed by atoms with van der Waals surface area (Å²) in [4.78, 5) is 16.5. The number of carbonyl (C=O) groups excluding carboxylic acids is 1. The topological polar surface area (TPSA) is 46.9 Å². The van der Waals surface area contributed by atoms with E-state index in [0.717, 1.165) is 37.8 Å². The maximum Gasteiger partial charge on any atom is 0.220 e. The van der Waals surface area contributed by atoms with Crippen LogP contribution < -0.4 is 5.32 Å². The second kappa shape index (κ2) is 9.36. The van der Waals surface area contributed by atoms with Gasteiger partial charge in [0.05, 0.1) is 5.52 Å². The number of nitrogens with zero attached hydrogens (tertiary/aromatic N) is 2. The lowest BCUT2D eigenvalue weighted by Crippen LogP contribution is -2.22. The van der Waals surface area contributed by atoms with Gasteiger partial charge < -0.3 is 9.88 Å². The molecule has 4 heteroatoms. The minimum absolute atomic E-state index is 0.115. The molecule has 0 aliphatic heterocycles. The number of hydrogen-bond acceptors (Lipinski definition) is 2. The van der Waals surface area contributed by atoms with E-state index in [1.165, 1.54) is 22.2 Å². The van der Waals surface area contributed by atoms with Gasteiger partial charge in [0.15, 0.2) is 0 Å². The molecule has 0 radical (unpaired) electrons. The lowest BCUT2D eigenvalue weighted by molar-refractivity contribution is -0.121. The van der Waals surface area contributed by atoms with E-state index >= 15 is 0 Å². The van der Waals surface area contributed by atoms with Crippen LogP contribution in [0.25, 0.3) is 10.9 Å². The molecule has 0 fully saturated rings. The first-order chi connectivity index (χ1) is 13.2. The van der Waals surface area contributed by atoms with Crippen LogP contribution in [0, 0.1) is 0 Å². The molecule has 2 heterocycles. The Hall–Kier alpha value is -2.62. The minimum atomic E-state index is 0.115. The molecule has 0 saturated carbocycles. The SMILES string of the molecule is CCCc1c(CC)c2cnccc2n1CCCC(=O)NCc1ccccc1. The van der Waals surface area contributed by atoms with Gasteiger partial charge in [0.25, 0.3) is 0 Å². The Labute approximate surface area is 161 Å². The van der Waals surface area contributed by atoms with Gasteiger partial charge in [-0.3, -0.25) is 9.78 Å². The number of nitrogens with one attached hydrogen (secondary N) is 1. The van der Waals surface area contributed by atoms with Crippen LogP contribution in [0.5, 0.6) is 0 Å². The summed E-state index contributed by atoms with van der Waals surface area (Å²) in [6.45, 7) is 5.90. The van der Waals surface area contributed by atoms with Crippen LogP contribution in [0.15, 0.2) is 48.8 Å². The molecule has 0 aliphatic carbocycles. The number of rotatable bonds is 9. The van der Waals surface area contributed by atoms with Crippen molar-refractivity contribution in [3.63, 3.8) is 0 Å². The quantitative estimate of drug-likeness (QED) is 0.602. The molecule has 2 aromatic heterocycles. The lowest BCUT2D eigenvalue weighted by Gasteiger charge is -2.12. The van der Waals surface area contributed by atoms with Crippen molar-refractivity contribution in [2.75, 3.05) is 0 Å². The van der Waals surface area contributed by atoms with Gasteiger partial charge in [-0.25, -0.2) is 0 Å². The Morgan fingerprint density at radius 3 is 2.70 bits per heavy atom. The summed E-state index contributed by atoms with van der Waals surface area (Å²) in [5, 5.41) is 4.28. The number of fused-ring (bicyclic) bond motifs is 1. The third kappa shape index (κ3) is 4.57. The number of carbonyl (C=O) groups is 1. The molecule has 3 aromatic rings. The first-order valence-corrected chi connectivity index (χ1v) is 9.99. The van der Waals surface area contributed by atoms with E-state index in [2.05, 4.69) is 34.8 Å². The van der Waals surface area contributed by atoms with E-state index in [4.69, 9.17) is 0 Å². The fourth-order valence-corrected chi connectivity index (χ4v) is 3.77. The van der Waals surface area contributed by atoms with E-state index in [0.29, 0.717) is 13.0 Å². The predicted octanol–water partition coefficient (Wildman–Crippen LogP) is 4.65. The van der Waals surface area contributed by atoms with Crippen molar-refractivity contribution in [3.8, 4) is 0 Å².